The van der Waals surface area contributed by atoms with E-state index in [0.717, 1.165) is 18.7 Å². The second-order valence-electron chi connectivity index (χ2n) is 2.73. The molecule has 1 aliphatic heterocycles. The van der Waals surface area contributed by atoms with Gasteiger partial charge in [0.05, 0.1) is 5.69 Å². The molecule has 62 valence electrons. The average molecular weight is 161 g/mol. The molecule has 0 spiro atoms. The summed E-state index contributed by atoms with van der Waals surface area (Å²) in [5, 5.41) is 3.27. The zero-order valence-corrected chi connectivity index (χ0v) is 6.77. The Labute approximate surface area is 71.6 Å². The molecule has 1 N–H and O–H groups in total. The second-order valence-corrected chi connectivity index (χ2v) is 2.73. The molecule has 2 heterocycles. The number of aromatic nitrogens is 1. The molecule has 3 heteroatoms. The molecule has 3 nitrogen and oxygen atoms in total. The van der Waals surface area contributed by atoms with Crippen molar-refractivity contribution in [2.24, 2.45) is 4.99 Å². The number of nitrogens with zero attached hydrogens (tertiary/aromatic N) is 2. The van der Waals surface area contributed by atoms with Gasteiger partial charge in [-0.15, -0.1) is 0 Å². The molecular formula is C9H11N3. The molecule has 0 fully saturated rings. The van der Waals surface area contributed by atoms with Gasteiger partial charge >= 0.3 is 0 Å². The number of pyridine rings is 1. The average Bonchev–Trinajstić information content (AvgIpc) is 2.21. The summed E-state index contributed by atoms with van der Waals surface area (Å²) >= 11 is 0. The van der Waals surface area contributed by atoms with Gasteiger partial charge in [0.25, 0.3) is 0 Å². The Hall–Kier alpha value is -1.22. The van der Waals surface area contributed by atoms with Crippen LogP contribution in [0.1, 0.15) is 18.3 Å². The number of hydrogen-bond acceptors (Lipinski definition) is 3. The van der Waals surface area contributed by atoms with Gasteiger partial charge in [-0.2, -0.15) is 0 Å². The number of hydrogen-bond donors (Lipinski definition) is 1. The van der Waals surface area contributed by atoms with Crippen LogP contribution in [0.15, 0.2) is 29.4 Å². The van der Waals surface area contributed by atoms with Crippen LogP contribution < -0.4 is 5.32 Å². The molecule has 0 aliphatic carbocycles. The maximum Gasteiger partial charge on any atom is 0.142 e. The van der Waals surface area contributed by atoms with Crippen LogP contribution in [0.4, 0.5) is 0 Å². The van der Waals surface area contributed by atoms with Crippen molar-refractivity contribution in [1.29, 1.82) is 0 Å². The predicted octanol–water partition coefficient (Wildman–Crippen LogP) is 1.14. The van der Waals surface area contributed by atoms with E-state index in [1.54, 1.807) is 6.20 Å². The largest absolute Gasteiger partial charge is 0.290 e. The Kier molecular flexibility index (Phi) is 2.14. The van der Waals surface area contributed by atoms with Gasteiger partial charge in [0, 0.05) is 19.0 Å². The lowest BCUT2D eigenvalue weighted by Crippen LogP contribution is -2.25. The highest BCUT2D eigenvalue weighted by Gasteiger charge is 2.10. The maximum atomic E-state index is 4.30. The molecule has 2 rings (SSSR count). The van der Waals surface area contributed by atoms with Crippen molar-refractivity contribution in [2.45, 2.75) is 12.6 Å². The van der Waals surface area contributed by atoms with E-state index in [-0.39, 0.29) is 6.17 Å². The first kappa shape index (κ1) is 7.43. The number of rotatable bonds is 1. The van der Waals surface area contributed by atoms with Crippen molar-refractivity contribution >= 4 is 6.21 Å². The summed E-state index contributed by atoms with van der Waals surface area (Å²) in [5.41, 5.74) is 0.994. The molecule has 1 aliphatic rings. The Morgan fingerprint density at radius 3 is 3.08 bits per heavy atom. The zero-order chi connectivity index (χ0) is 8.23. The third-order valence-electron chi connectivity index (χ3n) is 1.83. The van der Waals surface area contributed by atoms with Crippen molar-refractivity contribution in [2.75, 3.05) is 6.54 Å². The quantitative estimate of drug-likeness (QED) is 0.670. The third kappa shape index (κ3) is 1.51. The van der Waals surface area contributed by atoms with Gasteiger partial charge in [0.2, 0.25) is 0 Å². The third-order valence-corrected chi connectivity index (χ3v) is 1.83. The molecule has 0 amide bonds. The highest BCUT2D eigenvalue weighted by atomic mass is 15.1. The highest BCUT2D eigenvalue weighted by molar-refractivity contribution is 5.58. The van der Waals surface area contributed by atoms with Crippen LogP contribution >= 0.6 is 0 Å². The molecule has 0 bridgehead atoms. The lowest BCUT2D eigenvalue weighted by Gasteiger charge is -2.16. The minimum Gasteiger partial charge on any atom is -0.290 e. The molecule has 0 saturated heterocycles. The van der Waals surface area contributed by atoms with Gasteiger partial charge in [-0.1, -0.05) is 6.07 Å². The van der Waals surface area contributed by atoms with Gasteiger partial charge < -0.3 is 0 Å². The summed E-state index contributed by atoms with van der Waals surface area (Å²) in [6, 6.07) is 5.88. The summed E-state index contributed by atoms with van der Waals surface area (Å²) in [5.74, 6) is 0. The standard InChI is InChI=1S/C9H11N3/c1-2-5-10-8(4-1)9-11-6-3-7-12-9/h1-2,4-6,9,12H,3,7H2. The normalized spacial score (nSPS) is 22.5. The molecule has 1 unspecified atom stereocenters. The van der Waals surface area contributed by atoms with E-state index in [4.69, 9.17) is 0 Å². The second kappa shape index (κ2) is 3.45. The fraction of sp³-hybridized carbons (Fsp3) is 0.333. The van der Waals surface area contributed by atoms with Crippen LogP contribution in [0.3, 0.4) is 0 Å². The molecule has 0 radical (unpaired) electrons. The lowest BCUT2D eigenvalue weighted by atomic mass is 10.2. The summed E-state index contributed by atoms with van der Waals surface area (Å²) in [7, 11) is 0. The molecule has 1 aromatic heterocycles. The van der Waals surface area contributed by atoms with Crippen molar-refractivity contribution in [3.63, 3.8) is 0 Å². The summed E-state index contributed by atoms with van der Waals surface area (Å²) in [6.45, 7) is 0.991. The summed E-state index contributed by atoms with van der Waals surface area (Å²) < 4.78 is 0. The van der Waals surface area contributed by atoms with Gasteiger partial charge in [-0.3, -0.25) is 15.3 Å². The zero-order valence-electron chi connectivity index (χ0n) is 6.77. The lowest BCUT2D eigenvalue weighted by molar-refractivity contribution is 0.535. The predicted molar refractivity (Wildman–Crippen MR) is 48.1 cm³/mol. The molecule has 0 aromatic carbocycles. The Morgan fingerprint density at radius 2 is 2.42 bits per heavy atom. The maximum absolute atomic E-state index is 4.30. The molecule has 1 aromatic rings. The Balaban J connectivity index is 2.19. The molecule has 1 atom stereocenters. The van der Waals surface area contributed by atoms with Gasteiger partial charge in [0.1, 0.15) is 6.17 Å². The van der Waals surface area contributed by atoms with E-state index in [1.165, 1.54) is 0 Å². The van der Waals surface area contributed by atoms with Crippen LogP contribution in [0.5, 0.6) is 0 Å². The Morgan fingerprint density at radius 1 is 1.42 bits per heavy atom. The minimum absolute atomic E-state index is 0.0694. The van der Waals surface area contributed by atoms with Crippen LogP contribution in [0.25, 0.3) is 0 Å². The van der Waals surface area contributed by atoms with Crippen molar-refractivity contribution in [1.82, 2.24) is 10.3 Å². The molecule has 0 saturated carbocycles. The fourth-order valence-electron chi connectivity index (χ4n) is 1.24. The SMILES string of the molecule is C1=NC(c2ccccn2)NCC1. The monoisotopic (exact) mass is 161 g/mol. The first-order chi connectivity index (χ1) is 5.97. The first-order valence-electron chi connectivity index (χ1n) is 4.13. The smallest absolute Gasteiger partial charge is 0.142 e. The van der Waals surface area contributed by atoms with Crippen molar-refractivity contribution < 1.29 is 0 Å². The molecule has 12 heavy (non-hydrogen) atoms. The van der Waals surface area contributed by atoms with Crippen LogP contribution in [0.2, 0.25) is 0 Å². The summed E-state index contributed by atoms with van der Waals surface area (Å²) in [6.07, 6.45) is 4.83. The van der Waals surface area contributed by atoms with E-state index in [2.05, 4.69) is 15.3 Å². The van der Waals surface area contributed by atoms with Crippen LogP contribution in [-0.4, -0.2) is 17.7 Å². The van der Waals surface area contributed by atoms with Gasteiger partial charge in [0.15, 0.2) is 0 Å². The fourth-order valence-corrected chi connectivity index (χ4v) is 1.24. The highest BCUT2D eigenvalue weighted by Crippen LogP contribution is 2.12. The number of nitrogens with one attached hydrogen (secondary N) is 1. The van der Waals surface area contributed by atoms with E-state index in [1.807, 2.05) is 24.4 Å². The molecular weight excluding hydrogens is 150 g/mol. The van der Waals surface area contributed by atoms with E-state index >= 15 is 0 Å². The number of aliphatic imine (C=N–C) groups is 1. The van der Waals surface area contributed by atoms with Gasteiger partial charge in [-0.05, 0) is 18.6 Å². The summed E-state index contributed by atoms with van der Waals surface area (Å²) in [4.78, 5) is 8.53. The van der Waals surface area contributed by atoms with E-state index < -0.39 is 0 Å². The van der Waals surface area contributed by atoms with Crippen LogP contribution in [0, 0.1) is 0 Å². The Bertz CT molecular complexity index is 268. The van der Waals surface area contributed by atoms with Gasteiger partial charge in [-0.25, -0.2) is 0 Å². The first-order valence-corrected chi connectivity index (χ1v) is 4.13. The van der Waals surface area contributed by atoms with E-state index in [9.17, 15) is 0 Å². The van der Waals surface area contributed by atoms with Crippen molar-refractivity contribution in [3.05, 3.63) is 30.1 Å². The van der Waals surface area contributed by atoms with E-state index in [0.29, 0.717) is 0 Å². The van der Waals surface area contributed by atoms with Crippen LogP contribution in [-0.2, 0) is 0 Å². The topological polar surface area (TPSA) is 37.3 Å². The minimum atomic E-state index is 0.0694. The van der Waals surface area contributed by atoms with Crippen molar-refractivity contribution in [3.8, 4) is 0 Å².